The highest BCUT2D eigenvalue weighted by Gasteiger charge is 2.30. The number of nitrogens with zero attached hydrogens (tertiary/aromatic N) is 2. The van der Waals surface area contributed by atoms with Gasteiger partial charge in [0.05, 0.1) is 6.61 Å². The molecule has 4 rings (SSSR count). The van der Waals surface area contributed by atoms with E-state index in [2.05, 4.69) is 47.3 Å². The number of phenolic OH excluding ortho intramolecular Hbond substituents is 1. The number of hydrogen-bond donors (Lipinski definition) is 2. The van der Waals surface area contributed by atoms with Gasteiger partial charge < -0.3 is 25.0 Å². The van der Waals surface area contributed by atoms with Crippen LogP contribution in [-0.2, 0) is 11.2 Å². The molecule has 2 N–H and O–H groups in total. The lowest BCUT2D eigenvalue weighted by atomic mass is 9.87. The summed E-state index contributed by atoms with van der Waals surface area (Å²) in [5.74, 6) is 1.68. The third-order valence-electron chi connectivity index (χ3n) is 6.08. The number of benzene rings is 2. The summed E-state index contributed by atoms with van der Waals surface area (Å²) in [6, 6.07) is 15.3. The summed E-state index contributed by atoms with van der Waals surface area (Å²) >= 11 is 0. The van der Waals surface area contributed by atoms with Crippen LogP contribution in [0.15, 0.2) is 48.5 Å². The van der Waals surface area contributed by atoms with Crippen LogP contribution in [0.4, 0.5) is 5.69 Å². The molecule has 0 bridgehead atoms. The van der Waals surface area contributed by atoms with E-state index in [1.807, 2.05) is 6.07 Å². The Bertz CT molecular complexity index is 807. The second-order valence-corrected chi connectivity index (χ2v) is 8.33. The monoisotopic (exact) mass is 425 g/mol. The molecule has 2 aromatic rings. The van der Waals surface area contributed by atoms with Crippen molar-refractivity contribution in [2.24, 2.45) is 5.92 Å². The molecular weight excluding hydrogens is 390 g/mol. The van der Waals surface area contributed by atoms with Crippen LogP contribution in [0.3, 0.4) is 0 Å². The minimum absolute atomic E-state index is 0.196. The second kappa shape index (κ2) is 11.6. The minimum Gasteiger partial charge on any atom is -0.508 e. The van der Waals surface area contributed by atoms with E-state index in [0.29, 0.717) is 18.3 Å². The number of hydrogen-bond acceptors (Lipinski definition) is 5. The van der Waals surface area contributed by atoms with Gasteiger partial charge in [0, 0.05) is 49.4 Å². The topological polar surface area (TPSA) is 65.0 Å². The Balaban J connectivity index is 0.000000330. The lowest BCUT2D eigenvalue weighted by Crippen LogP contribution is -2.45. The standard InChI is InChI=1S/C19H29N3O2.C6H6O/c1-3-5-17(20-14-23)15-12-16-18(6-4-7-19(16)24-13-15)22-10-8-21(2)9-11-22;7-6-4-2-1-3-5-6/h4,6-7,14-15,17H,3,5,8-13H2,1-2H3,(H,20,23);1-5,7H/t15-,17+;/m1./s1. The lowest BCUT2D eigenvalue weighted by molar-refractivity contribution is -0.110. The van der Waals surface area contributed by atoms with Crippen LogP contribution in [0.25, 0.3) is 0 Å². The highest BCUT2D eigenvalue weighted by Crippen LogP contribution is 2.36. The molecule has 0 aliphatic carbocycles. The number of phenols is 1. The third-order valence-corrected chi connectivity index (χ3v) is 6.08. The van der Waals surface area contributed by atoms with Crippen LogP contribution in [0, 0.1) is 5.92 Å². The van der Waals surface area contributed by atoms with Crippen molar-refractivity contribution >= 4 is 12.1 Å². The predicted octanol–water partition coefficient (Wildman–Crippen LogP) is 3.30. The average Bonchev–Trinajstić information content (AvgIpc) is 2.80. The number of para-hydroxylation sites is 1. The van der Waals surface area contributed by atoms with Gasteiger partial charge in [0.1, 0.15) is 11.5 Å². The van der Waals surface area contributed by atoms with Gasteiger partial charge in [-0.2, -0.15) is 0 Å². The molecule has 0 unspecified atom stereocenters. The average molecular weight is 426 g/mol. The molecule has 2 aromatic carbocycles. The predicted molar refractivity (Wildman–Crippen MR) is 125 cm³/mol. The normalized spacial score (nSPS) is 19.3. The number of amides is 1. The van der Waals surface area contributed by atoms with E-state index in [-0.39, 0.29) is 6.04 Å². The zero-order valence-corrected chi connectivity index (χ0v) is 18.7. The number of likely N-dealkylation sites (N-methyl/N-ethyl adjacent to an activating group) is 1. The fourth-order valence-electron chi connectivity index (χ4n) is 4.30. The molecular formula is C25H35N3O3. The van der Waals surface area contributed by atoms with Crippen molar-refractivity contribution in [3.63, 3.8) is 0 Å². The summed E-state index contributed by atoms with van der Waals surface area (Å²) in [4.78, 5) is 15.8. The first-order chi connectivity index (χ1) is 15.1. The maximum absolute atomic E-state index is 11.0. The summed E-state index contributed by atoms with van der Waals surface area (Å²) in [5.41, 5.74) is 2.62. The number of carbonyl (C=O) groups excluding carboxylic acids is 1. The first kappa shape index (κ1) is 22.9. The Labute approximate surface area is 185 Å². The van der Waals surface area contributed by atoms with E-state index >= 15 is 0 Å². The molecule has 6 nitrogen and oxygen atoms in total. The number of ether oxygens (including phenoxy) is 1. The largest absolute Gasteiger partial charge is 0.508 e. The fraction of sp³-hybridized carbons (Fsp3) is 0.480. The zero-order chi connectivity index (χ0) is 22.1. The molecule has 2 atom stereocenters. The summed E-state index contributed by atoms with van der Waals surface area (Å²) < 4.78 is 6.07. The highest BCUT2D eigenvalue weighted by atomic mass is 16.5. The van der Waals surface area contributed by atoms with E-state index in [1.165, 1.54) is 11.3 Å². The van der Waals surface area contributed by atoms with Crippen LogP contribution in [0.5, 0.6) is 11.5 Å². The smallest absolute Gasteiger partial charge is 0.207 e. The Morgan fingerprint density at radius 1 is 1.13 bits per heavy atom. The molecule has 0 saturated carbocycles. The van der Waals surface area contributed by atoms with Crippen LogP contribution >= 0.6 is 0 Å². The van der Waals surface area contributed by atoms with E-state index in [1.54, 1.807) is 24.3 Å². The van der Waals surface area contributed by atoms with Gasteiger partial charge in [0.25, 0.3) is 0 Å². The molecule has 0 radical (unpaired) electrons. The molecule has 31 heavy (non-hydrogen) atoms. The van der Waals surface area contributed by atoms with Crippen molar-refractivity contribution in [1.82, 2.24) is 10.2 Å². The van der Waals surface area contributed by atoms with Gasteiger partial charge >= 0.3 is 0 Å². The number of piperazine rings is 1. The number of nitrogens with one attached hydrogen (secondary N) is 1. The maximum Gasteiger partial charge on any atom is 0.207 e. The van der Waals surface area contributed by atoms with Crippen molar-refractivity contribution in [3.8, 4) is 11.5 Å². The van der Waals surface area contributed by atoms with Crippen LogP contribution in [-0.4, -0.2) is 62.3 Å². The van der Waals surface area contributed by atoms with Gasteiger partial charge in [-0.1, -0.05) is 37.6 Å². The Hall–Kier alpha value is -2.73. The molecule has 6 heteroatoms. The molecule has 1 amide bonds. The molecule has 2 aliphatic heterocycles. The molecule has 0 spiro atoms. The Kier molecular flexibility index (Phi) is 8.59. The van der Waals surface area contributed by atoms with Gasteiger partial charge in [-0.25, -0.2) is 0 Å². The van der Waals surface area contributed by atoms with E-state index in [4.69, 9.17) is 9.84 Å². The zero-order valence-electron chi connectivity index (χ0n) is 18.7. The van der Waals surface area contributed by atoms with E-state index in [0.717, 1.165) is 57.6 Å². The first-order valence-corrected chi connectivity index (χ1v) is 11.2. The van der Waals surface area contributed by atoms with Crippen molar-refractivity contribution in [2.45, 2.75) is 32.2 Å². The molecule has 0 aromatic heterocycles. The minimum atomic E-state index is 0.196. The highest BCUT2D eigenvalue weighted by molar-refractivity contribution is 5.60. The SMILES string of the molecule is CCC[C@H](NC=O)[C@H]1COc2cccc(N3CCN(C)CC3)c2C1.Oc1ccccc1. The molecule has 2 aliphatic rings. The number of fused-ring (bicyclic) bond motifs is 1. The summed E-state index contributed by atoms with van der Waals surface area (Å²) in [7, 11) is 2.18. The Morgan fingerprint density at radius 3 is 2.48 bits per heavy atom. The van der Waals surface area contributed by atoms with Crippen molar-refractivity contribution in [3.05, 3.63) is 54.1 Å². The van der Waals surface area contributed by atoms with E-state index in [9.17, 15) is 4.79 Å². The number of carbonyl (C=O) groups is 1. The van der Waals surface area contributed by atoms with Crippen LogP contribution < -0.4 is 15.0 Å². The second-order valence-electron chi connectivity index (χ2n) is 8.33. The van der Waals surface area contributed by atoms with Crippen molar-refractivity contribution in [2.75, 3.05) is 44.7 Å². The van der Waals surface area contributed by atoms with Gasteiger partial charge in [-0.3, -0.25) is 4.79 Å². The molecule has 1 fully saturated rings. The van der Waals surface area contributed by atoms with Gasteiger partial charge in [0.15, 0.2) is 0 Å². The van der Waals surface area contributed by atoms with Gasteiger partial charge in [0.2, 0.25) is 6.41 Å². The number of anilines is 1. The van der Waals surface area contributed by atoms with Crippen molar-refractivity contribution < 1.29 is 14.6 Å². The van der Waals surface area contributed by atoms with Gasteiger partial charge in [-0.05, 0) is 44.2 Å². The third kappa shape index (κ3) is 6.37. The number of rotatable bonds is 6. The lowest BCUT2D eigenvalue weighted by Gasteiger charge is -2.38. The summed E-state index contributed by atoms with van der Waals surface area (Å²) in [6.45, 7) is 7.15. The first-order valence-electron chi connectivity index (χ1n) is 11.2. The summed E-state index contributed by atoms with van der Waals surface area (Å²) in [5, 5.41) is 11.6. The van der Waals surface area contributed by atoms with Crippen LogP contribution in [0.2, 0.25) is 0 Å². The van der Waals surface area contributed by atoms with Crippen LogP contribution in [0.1, 0.15) is 25.3 Å². The molecule has 1 saturated heterocycles. The maximum atomic E-state index is 11.0. The van der Waals surface area contributed by atoms with Crippen molar-refractivity contribution in [1.29, 1.82) is 0 Å². The Morgan fingerprint density at radius 2 is 1.87 bits per heavy atom. The fourth-order valence-corrected chi connectivity index (χ4v) is 4.30. The van der Waals surface area contributed by atoms with Gasteiger partial charge in [-0.15, -0.1) is 0 Å². The van der Waals surface area contributed by atoms with E-state index < -0.39 is 0 Å². The molecule has 168 valence electrons. The summed E-state index contributed by atoms with van der Waals surface area (Å²) in [6.07, 6.45) is 3.87. The number of aromatic hydroxyl groups is 1. The molecule has 2 heterocycles. The quantitative estimate of drug-likeness (QED) is 0.696.